The van der Waals surface area contributed by atoms with Crippen molar-refractivity contribution in [2.45, 2.75) is 0 Å². The Bertz CT molecular complexity index is 3540. The fourth-order valence-electron chi connectivity index (χ4n) is 8.96. The van der Waals surface area contributed by atoms with Crippen LogP contribution in [0.3, 0.4) is 0 Å². The fourth-order valence-corrected chi connectivity index (χ4v) is 10.1. The Balaban J connectivity index is 1.05. The van der Waals surface area contributed by atoms with Gasteiger partial charge in [0.1, 0.15) is 11.2 Å². The van der Waals surface area contributed by atoms with E-state index in [1.807, 2.05) is 11.3 Å². The summed E-state index contributed by atoms with van der Waals surface area (Å²) in [6, 6.07) is 76.9. The number of hydrogen-bond acceptors (Lipinski definition) is 3. The molecule has 0 atom stereocenters. The molecule has 0 radical (unpaired) electrons. The van der Waals surface area contributed by atoms with Crippen molar-refractivity contribution in [3.8, 4) is 33.4 Å². The van der Waals surface area contributed by atoms with Crippen molar-refractivity contribution in [3.05, 3.63) is 212 Å². The smallest absolute Gasteiger partial charge is 0.145 e. The van der Waals surface area contributed by atoms with E-state index in [2.05, 4.69) is 217 Å². The van der Waals surface area contributed by atoms with Crippen LogP contribution in [0.15, 0.2) is 217 Å². The summed E-state index contributed by atoms with van der Waals surface area (Å²) in [6.07, 6.45) is 0. The van der Waals surface area contributed by atoms with Crippen molar-refractivity contribution < 1.29 is 4.42 Å². The van der Waals surface area contributed by atoms with Gasteiger partial charge in [-0.2, -0.15) is 0 Å². The molecule has 3 heteroatoms. The number of fused-ring (bicyclic) bond motifs is 9. The van der Waals surface area contributed by atoms with Crippen LogP contribution in [0, 0.1) is 0 Å². The highest BCUT2D eigenvalue weighted by Crippen LogP contribution is 2.47. The van der Waals surface area contributed by atoms with Crippen LogP contribution >= 0.6 is 11.3 Å². The SMILES string of the molecule is c1ccc(-c2ccc(-c3ccc(N(c4ccc(-c5ccc6c(c5)sc5ccccc56)cc4)c4ccc5ccc6ccccc6c5c4)c4c3oc3ccccc34)cc2)cc1. The lowest BCUT2D eigenvalue weighted by molar-refractivity contribution is 0.670. The van der Waals surface area contributed by atoms with Crippen LogP contribution in [0.2, 0.25) is 0 Å². The van der Waals surface area contributed by atoms with E-state index in [9.17, 15) is 0 Å². The average Bonchev–Trinajstić information content (AvgIpc) is 3.89. The zero-order valence-corrected chi connectivity index (χ0v) is 32.8. The second-order valence-corrected chi connectivity index (χ2v) is 16.3. The van der Waals surface area contributed by atoms with E-state index in [0.717, 1.165) is 50.1 Å². The average molecular weight is 770 g/mol. The van der Waals surface area contributed by atoms with Crippen molar-refractivity contribution in [2.24, 2.45) is 0 Å². The molecule has 0 saturated heterocycles. The van der Waals surface area contributed by atoms with Crippen LogP contribution in [0.25, 0.3) is 97.0 Å². The number of thiophene rings is 1. The molecule has 0 spiro atoms. The van der Waals surface area contributed by atoms with Gasteiger partial charge in [0, 0.05) is 42.5 Å². The molecule has 2 aromatic heterocycles. The van der Waals surface area contributed by atoms with E-state index < -0.39 is 0 Å². The number of benzene rings is 10. The first-order valence-corrected chi connectivity index (χ1v) is 20.9. The summed E-state index contributed by atoms with van der Waals surface area (Å²) in [7, 11) is 0. The summed E-state index contributed by atoms with van der Waals surface area (Å²) < 4.78 is 9.48. The van der Waals surface area contributed by atoms with E-state index in [-0.39, 0.29) is 0 Å². The van der Waals surface area contributed by atoms with Gasteiger partial charge in [0.15, 0.2) is 0 Å². The molecular formula is C56H35NOS. The van der Waals surface area contributed by atoms with Gasteiger partial charge in [-0.3, -0.25) is 0 Å². The number of hydrogen-bond donors (Lipinski definition) is 0. The summed E-state index contributed by atoms with van der Waals surface area (Å²) in [5, 5.41) is 9.72. The van der Waals surface area contributed by atoms with Gasteiger partial charge >= 0.3 is 0 Å². The minimum Gasteiger partial charge on any atom is -0.455 e. The molecule has 10 aromatic carbocycles. The van der Waals surface area contributed by atoms with E-state index in [4.69, 9.17) is 4.42 Å². The Morgan fingerprint density at radius 1 is 0.356 bits per heavy atom. The Kier molecular flexibility index (Phi) is 7.75. The second-order valence-electron chi connectivity index (χ2n) is 15.3. The normalized spacial score (nSPS) is 11.7. The third-order valence-corrected chi connectivity index (χ3v) is 13.0. The highest BCUT2D eigenvalue weighted by Gasteiger charge is 2.23. The molecule has 0 unspecified atom stereocenters. The quantitative estimate of drug-likeness (QED) is 0.157. The molecule has 12 aromatic rings. The van der Waals surface area contributed by atoms with Crippen LogP contribution in [-0.2, 0) is 0 Å². The molecular weight excluding hydrogens is 735 g/mol. The van der Waals surface area contributed by atoms with Crippen molar-refractivity contribution in [2.75, 3.05) is 4.90 Å². The standard InChI is InChI=1S/C56H35NOS/c1-2-10-36(11-3-1)37-18-20-40(21-19-37)46-32-33-51(55-49-15-6-8-16-52(49)58-56(46)55)57(44-30-26-41-23-22-39-12-4-5-13-45(39)50(41)35-44)43-28-24-38(25-29-43)42-27-31-48-47-14-7-9-17-53(47)59-54(48)34-42/h1-35H. The van der Waals surface area contributed by atoms with Gasteiger partial charge in [0.25, 0.3) is 0 Å². The van der Waals surface area contributed by atoms with Gasteiger partial charge in [-0.25, -0.2) is 0 Å². The zero-order chi connectivity index (χ0) is 38.9. The summed E-state index contributed by atoms with van der Waals surface area (Å²) in [5.41, 5.74) is 11.9. The lowest BCUT2D eigenvalue weighted by atomic mass is 9.97. The van der Waals surface area contributed by atoms with E-state index in [1.165, 1.54) is 64.0 Å². The van der Waals surface area contributed by atoms with E-state index >= 15 is 0 Å². The summed E-state index contributed by atoms with van der Waals surface area (Å²) in [5.74, 6) is 0. The lowest BCUT2D eigenvalue weighted by Gasteiger charge is -2.27. The predicted molar refractivity (Wildman–Crippen MR) is 253 cm³/mol. The Morgan fingerprint density at radius 3 is 1.80 bits per heavy atom. The van der Waals surface area contributed by atoms with Gasteiger partial charge < -0.3 is 9.32 Å². The summed E-state index contributed by atoms with van der Waals surface area (Å²) in [4.78, 5) is 2.41. The zero-order valence-electron chi connectivity index (χ0n) is 32.0. The maximum atomic E-state index is 6.85. The van der Waals surface area contributed by atoms with Crippen LogP contribution < -0.4 is 4.90 Å². The molecule has 0 aliphatic heterocycles. The van der Waals surface area contributed by atoms with Crippen LogP contribution in [0.5, 0.6) is 0 Å². The summed E-state index contributed by atoms with van der Waals surface area (Å²) >= 11 is 1.86. The van der Waals surface area contributed by atoms with Gasteiger partial charge in [0.2, 0.25) is 0 Å². The Hall–Kier alpha value is -7.46. The largest absolute Gasteiger partial charge is 0.455 e. The molecule has 0 fully saturated rings. The topological polar surface area (TPSA) is 16.4 Å². The third-order valence-electron chi connectivity index (χ3n) is 11.9. The molecule has 0 N–H and O–H groups in total. The molecule has 0 saturated carbocycles. The van der Waals surface area contributed by atoms with Crippen LogP contribution in [0.1, 0.15) is 0 Å². The van der Waals surface area contributed by atoms with Crippen molar-refractivity contribution >= 4 is 92.1 Å². The van der Waals surface area contributed by atoms with E-state index in [0.29, 0.717) is 0 Å². The fraction of sp³-hybridized carbons (Fsp3) is 0. The minimum atomic E-state index is 0.869. The highest BCUT2D eigenvalue weighted by atomic mass is 32.1. The van der Waals surface area contributed by atoms with Crippen molar-refractivity contribution in [1.82, 2.24) is 0 Å². The van der Waals surface area contributed by atoms with E-state index in [1.54, 1.807) is 0 Å². The highest BCUT2D eigenvalue weighted by molar-refractivity contribution is 7.25. The van der Waals surface area contributed by atoms with Gasteiger partial charge in [-0.1, -0.05) is 158 Å². The summed E-state index contributed by atoms with van der Waals surface area (Å²) in [6.45, 7) is 0. The van der Waals surface area contributed by atoms with Crippen LogP contribution in [-0.4, -0.2) is 0 Å². The monoisotopic (exact) mass is 769 g/mol. The Labute approximate surface area is 345 Å². The molecule has 0 bridgehead atoms. The van der Waals surface area contributed by atoms with Gasteiger partial charge in [0.05, 0.1) is 11.1 Å². The molecule has 2 nitrogen and oxygen atoms in total. The second kappa shape index (κ2) is 13.6. The first-order chi connectivity index (χ1) is 29.2. The number of rotatable bonds is 6. The maximum Gasteiger partial charge on any atom is 0.145 e. The first kappa shape index (κ1) is 33.7. The molecule has 0 aliphatic carbocycles. The molecule has 0 aliphatic rings. The third kappa shape index (κ3) is 5.62. The first-order valence-electron chi connectivity index (χ1n) is 20.1. The van der Waals surface area contributed by atoms with Gasteiger partial charge in [-0.15, -0.1) is 11.3 Å². The molecule has 2 heterocycles. The molecule has 276 valence electrons. The number of nitrogens with zero attached hydrogens (tertiary/aromatic N) is 1. The number of para-hydroxylation sites is 1. The van der Waals surface area contributed by atoms with Crippen LogP contribution in [0.4, 0.5) is 17.1 Å². The maximum absolute atomic E-state index is 6.85. The minimum absolute atomic E-state index is 0.869. The van der Waals surface area contributed by atoms with Crippen molar-refractivity contribution in [3.63, 3.8) is 0 Å². The van der Waals surface area contributed by atoms with Crippen molar-refractivity contribution in [1.29, 1.82) is 0 Å². The number of furan rings is 1. The Morgan fingerprint density at radius 2 is 0.949 bits per heavy atom. The lowest BCUT2D eigenvalue weighted by Crippen LogP contribution is -2.10. The van der Waals surface area contributed by atoms with Gasteiger partial charge in [-0.05, 0) is 104 Å². The number of anilines is 3. The molecule has 59 heavy (non-hydrogen) atoms. The predicted octanol–water partition coefficient (Wildman–Crippen LogP) is 16.7. The molecule has 12 rings (SSSR count). The molecule has 0 amide bonds.